The quantitative estimate of drug-likeness (QED) is 0.165. The lowest BCUT2D eigenvalue weighted by atomic mass is 10.1. The van der Waals surface area contributed by atoms with Gasteiger partial charge in [0.05, 0.1) is 10.6 Å². The van der Waals surface area contributed by atoms with E-state index in [1.165, 1.54) is 17.0 Å². The molecular formula is C28H25IN2O3S2. The molecule has 0 heterocycles. The number of nitrogens with one attached hydrogen (secondary N) is 1. The fourth-order valence-electron chi connectivity index (χ4n) is 3.60. The van der Waals surface area contributed by atoms with Crippen LogP contribution in [0.25, 0.3) is 0 Å². The lowest BCUT2D eigenvalue weighted by Gasteiger charge is -2.24. The first kappa shape index (κ1) is 26.2. The number of anilines is 2. The van der Waals surface area contributed by atoms with Crippen LogP contribution in [0.2, 0.25) is 0 Å². The van der Waals surface area contributed by atoms with Gasteiger partial charge in [-0.05, 0) is 95.2 Å². The number of benzene rings is 4. The van der Waals surface area contributed by atoms with Crippen molar-refractivity contribution in [3.05, 3.63) is 118 Å². The number of carbonyl (C=O) groups is 1. The van der Waals surface area contributed by atoms with Crippen LogP contribution in [0.5, 0.6) is 0 Å². The van der Waals surface area contributed by atoms with Crippen LogP contribution in [0.4, 0.5) is 11.4 Å². The Morgan fingerprint density at radius 1 is 0.889 bits per heavy atom. The predicted octanol–water partition coefficient (Wildman–Crippen LogP) is 6.73. The molecule has 4 aromatic carbocycles. The molecule has 4 rings (SSSR count). The van der Waals surface area contributed by atoms with Crippen LogP contribution in [0.1, 0.15) is 11.1 Å². The highest BCUT2D eigenvalue weighted by atomic mass is 127. The Hall–Kier alpha value is -2.82. The van der Waals surface area contributed by atoms with Crippen LogP contribution >= 0.6 is 34.4 Å². The largest absolute Gasteiger partial charge is 0.324 e. The Kier molecular flexibility index (Phi) is 8.71. The third-order valence-electron chi connectivity index (χ3n) is 5.45. The number of thioether (sulfide) groups is 1. The minimum absolute atomic E-state index is 0.132. The molecule has 0 unspecified atom stereocenters. The van der Waals surface area contributed by atoms with E-state index >= 15 is 0 Å². The highest BCUT2D eigenvalue weighted by Gasteiger charge is 2.27. The Labute approximate surface area is 230 Å². The molecule has 0 aliphatic rings. The molecule has 0 atom stereocenters. The van der Waals surface area contributed by atoms with Gasteiger partial charge in [0.15, 0.2) is 0 Å². The number of amides is 1. The van der Waals surface area contributed by atoms with E-state index in [4.69, 9.17) is 0 Å². The second-order valence-electron chi connectivity index (χ2n) is 8.10. The molecule has 0 spiro atoms. The number of nitrogens with zero attached hydrogens (tertiary/aromatic N) is 1. The average Bonchev–Trinajstić information content (AvgIpc) is 2.89. The fourth-order valence-corrected chi connectivity index (χ4v) is 6.27. The van der Waals surface area contributed by atoms with Gasteiger partial charge in [-0.15, -0.1) is 11.8 Å². The van der Waals surface area contributed by atoms with Crippen molar-refractivity contribution < 1.29 is 13.2 Å². The monoisotopic (exact) mass is 628 g/mol. The summed E-state index contributed by atoms with van der Waals surface area (Å²) < 4.78 is 29.0. The molecule has 8 heteroatoms. The van der Waals surface area contributed by atoms with Gasteiger partial charge in [0, 0.05) is 19.9 Å². The normalized spacial score (nSPS) is 11.2. The van der Waals surface area contributed by atoms with Gasteiger partial charge in [-0.2, -0.15) is 0 Å². The molecule has 184 valence electrons. The molecular weight excluding hydrogens is 603 g/mol. The van der Waals surface area contributed by atoms with Gasteiger partial charge >= 0.3 is 0 Å². The van der Waals surface area contributed by atoms with Crippen LogP contribution in [0.15, 0.2) is 113 Å². The predicted molar refractivity (Wildman–Crippen MR) is 156 cm³/mol. The standard InChI is InChI=1S/C28H25IN2O3S2/c1-21-18-22(20-35-25-8-4-2-5-9-25)12-17-27(21)30-28(32)19-31(24-15-13-23(29)14-16-24)36(33,34)26-10-6-3-7-11-26/h2-18H,19-20H2,1H3,(H,30,32). The molecule has 4 aromatic rings. The van der Waals surface area contributed by atoms with Crippen molar-refractivity contribution in [2.75, 3.05) is 16.2 Å². The number of halogens is 1. The fraction of sp³-hybridized carbons (Fsp3) is 0.107. The first-order valence-electron chi connectivity index (χ1n) is 11.2. The van der Waals surface area contributed by atoms with Gasteiger partial charge in [-0.25, -0.2) is 8.42 Å². The number of aryl methyl sites for hydroxylation is 1. The first-order valence-corrected chi connectivity index (χ1v) is 14.7. The maximum atomic E-state index is 13.4. The third-order valence-corrected chi connectivity index (χ3v) is 9.04. The van der Waals surface area contributed by atoms with Crippen molar-refractivity contribution in [1.82, 2.24) is 0 Å². The van der Waals surface area contributed by atoms with Crippen molar-refractivity contribution in [3.8, 4) is 0 Å². The van der Waals surface area contributed by atoms with Crippen molar-refractivity contribution in [1.29, 1.82) is 0 Å². The summed E-state index contributed by atoms with van der Waals surface area (Å²) in [6.07, 6.45) is 0. The van der Waals surface area contributed by atoms with Crippen LogP contribution < -0.4 is 9.62 Å². The van der Waals surface area contributed by atoms with E-state index in [-0.39, 0.29) is 11.4 Å². The smallest absolute Gasteiger partial charge is 0.264 e. The highest BCUT2D eigenvalue weighted by Crippen LogP contribution is 2.27. The highest BCUT2D eigenvalue weighted by molar-refractivity contribution is 14.1. The molecule has 0 bridgehead atoms. The Bertz CT molecular complexity index is 1430. The van der Waals surface area contributed by atoms with E-state index in [0.717, 1.165) is 24.8 Å². The van der Waals surface area contributed by atoms with Crippen LogP contribution in [0, 0.1) is 10.5 Å². The molecule has 0 saturated carbocycles. The molecule has 1 amide bonds. The van der Waals surface area contributed by atoms with Gasteiger partial charge in [-0.1, -0.05) is 48.5 Å². The van der Waals surface area contributed by atoms with Crippen LogP contribution in [-0.2, 0) is 20.6 Å². The average molecular weight is 629 g/mol. The lowest BCUT2D eigenvalue weighted by molar-refractivity contribution is -0.114. The summed E-state index contributed by atoms with van der Waals surface area (Å²) in [4.78, 5) is 14.4. The number of hydrogen-bond donors (Lipinski definition) is 1. The Morgan fingerprint density at radius 3 is 2.17 bits per heavy atom. The zero-order valence-electron chi connectivity index (χ0n) is 19.6. The van der Waals surface area contributed by atoms with Crippen LogP contribution in [0.3, 0.4) is 0 Å². The minimum atomic E-state index is -3.94. The molecule has 0 fully saturated rings. The maximum absolute atomic E-state index is 13.4. The molecule has 36 heavy (non-hydrogen) atoms. The van der Waals surface area contributed by atoms with Gasteiger partial charge in [0.2, 0.25) is 5.91 Å². The zero-order chi connectivity index (χ0) is 25.5. The lowest BCUT2D eigenvalue weighted by Crippen LogP contribution is -2.38. The topological polar surface area (TPSA) is 66.5 Å². The van der Waals surface area contributed by atoms with E-state index in [2.05, 4.69) is 40.0 Å². The van der Waals surface area contributed by atoms with E-state index in [0.29, 0.717) is 11.4 Å². The number of rotatable bonds is 9. The van der Waals surface area contributed by atoms with Crippen molar-refractivity contribution in [2.45, 2.75) is 22.5 Å². The summed E-state index contributed by atoms with van der Waals surface area (Å²) >= 11 is 3.91. The van der Waals surface area contributed by atoms with Crippen molar-refractivity contribution in [3.63, 3.8) is 0 Å². The first-order chi connectivity index (χ1) is 17.3. The Balaban J connectivity index is 1.50. The summed E-state index contributed by atoms with van der Waals surface area (Å²) in [5, 5.41) is 2.89. The molecule has 0 saturated heterocycles. The summed E-state index contributed by atoms with van der Waals surface area (Å²) in [6, 6.07) is 31.3. The zero-order valence-corrected chi connectivity index (χ0v) is 23.4. The summed E-state index contributed by atoms with van der Waals surface area (Å²) in [5.41, 5.74) is 3.15. The SMILES string of the molecule is Cc1cc(CSc2ccccc2)ccc1NC(=O)CN(c1ccc(I)cc1)S(=O)(=O)c1ccccc1. The second kappa shape index (κ2) is 11.9. The van der Waals surface area contributed by atoms with Gasteiger partial charge in [0.25, 0.3) is 10.0 Å². The van der Waals surface area contributed by atoms with Crippen LogP contribution in [-0.4, -0.2) is 20.9 Å². The van der Waals surface area contributed by atoms with Gasteiger partial charge < -0.3 is 5.32 Å². The van der Waals surface area contributed by atoms with E-state index in [1.807, 2.05) is 55.5 Å². The minimum Gasteiger partial charge on any atom is -0.324 e. The summed E-state index contributed by atoms with van der Waals surface area (Å²) in [6.45, 7) is 1.59. The molecule has 0 aliphatic carbocycles. The number of carbonyl (C=O) groups excluding carboxylic acids is 1. The Morgan fingerprint density at radius 2 is 1.53 bits per heavy atom. The number of hydrogen-bond acceptors (Lipinski definition) is 4. The second-order valence-corrected chi connectivity index (χ2v) is 12.3. The molecule has 0 radical (unpaired) electrons. The summed E-state index contributed by atoms with van der Waals surface area (Å²) in [5.74, 6) is 0.400. The molecule has 5 nitrogen and oxygen atoms in total. The van der Waals surface area contributed by atoms with E-state index in [1.54, 1.807) is 42.1 Å². The van der Waals surface area contributed by atoms with Gasteiger partial charge in [0.1, 0.15) is 6.54 Å². The van der Waals surface area contributed by atoms with Crippen molar-refractivity contribution >= 4 is 61.7 Å². The number of sulfonamides is 1. The molecule has 0 aromatic heterocycles. The molecule has 1 N–H and O–H groups in total. The van der Waals surface area contributed by atoms with E-state index in [9.17, 15) is 13.2 Å². The third kappa shape index (κ3) is 6.68. The molecule has 0 aliphatic heterocycles. The van der Waals surface area contributed by atoms with E-state index < -0.39 is 15.9 Å². The van der Waals surface area contributed by atoms with Crippen molar-refractivity contribution in [2.24, 2.45) is 0 Å². The maximum Gasteiger partial charge on any atom is 0.264 e. The summed E-state index contributed by atoms with van der Waals surface area (Å²) in [7, 11) is -3.94. The van der Waals surface area contributed by atoms with Gasteiger partial charge in [-0.3, -0.25) is 9.10 Å².